The molecular weight excluding hydrogens is 426 g/mol. The van der Waals surface area contributed by atoms with E-state index in [1.165, 1.54) is 6.07 Å². The van der Waals surface area contributed by atoms with E-state index in [0.717, 1.165) is 43.2 Å². The van der Waals surface area contributed by atoms with Crippen molar-refractivity contribution >= 4 is 29.5 Å². The Morgan fingerprint density at radius 1 is 1.18 bits per heavy atom. The molecule has 1 aliphatic carbocycles. The van der Waals surface area contributed by atoms with Crippen molar-refractivity contribution in [3.8, 4) is 0 Å². The van der Waals surface area contributed by atoms with Gasteiger partial charge in [0, 0.05) is 22.8 Å². The quantitative estimate of drug-likeness (QED) is 0.181. The van der Waals surface area contributed by atoms with Crippen molar-refractivity contribution in [3.63, 3.8) is 0 Å². The van der Waals surface area contributed by atoms with Crippen LogP contribution >= 0.6 is 0 Å². The summed E-state index contributed by atoms with van der Waals surface area (Å²) in [7, 11) is 0. The molecule has 33 heavy (non-hydrogen) atoms. The highest BCUT2D eigenvalue weighted by Gasteiger charge is 2.38. The molecule has 1 aromatic carbocycles. The van der Waals surface area contributed by atoms with Gasteiger partial charge in [-0.15, -0.1) is 0 Å². The molecule has 1 saturated carbocycles. The summed E-state index contributed by atoms with van der Waals surface area (Å²) >= 11 is 0. The minimum Gasteiger partial charge on any atom is -0.365 e. The predicted octanol–water partition coefficient (Wildman–Crippen LogP) is 4.38. The van der Waals surface area contributed by atoms with Gasteiger partial charge in [-0.25, -0.2) is 19.6 Å². The van der Waals surface area contributed by atoms with Gasteiger partial charge >= 0.3 is 0 Å². The molecule has 0 unspecified atom stereocenters. The molecule has 1 aromatic heterocycles. The summed E-state index contributed by atoms with van der Waals surface area (Å²) < 4.78 is 29.4. The van der Waals surface area contributed by atoms with Gasteiger partial charge in [0.25, 0.3) is 0 Å². The number of hydrogen-bond donors (Lipinski definition) is 5. The smallest absolute Gasteiger partial charge is 0.229 e. The highest BCUT2D eigenvalue weighted by atomic mass is 19.1. The van der Waals surface area contributed by atoms with E-state index in [2.05, 4.69) is 53.6 Å². The fourth-order valence-corrected chi connectivity index (χ4v) is 4.93. The number of halogens is 2. The van der Waals surface area contributed by atoms with E-state index < -0.39 is 11.6 Å². The van der Waals surface area contributed by atoms with Gasteiger partial charge in [-0.1, -0.05) is 0 Å². The molecule has 2 heterocycles. The number of hydrogen-bond acceptors (Lipinski definition) is 7. The first-order valence-electron chi connectivity index (χ1n) is 11.2. The first-order chi connectivity index (χ1) is 15.5. The normalized spacial score (nSPS) is 19.7. The Morgan fingerprint density at radius 2 is 1.85 bits per heavy atom. The first kappa shape index (κ1) is 23.3. The van der Waals surface area contributed by atoms with Crippen LogP contribution in [0.2, 0.25) is 0 Å². The molecule has 0 bridgehead atoms. The van der Waals surface area contributed by atoms with Crippen molar-refractivity contribution < 1.29 is 8.78 Å². The Bertz CT molecular complexity index is 1030. The molecular formula is C23H32F2N8. The van der Waals surface area contributed by atoms with Gasteiger partial charge in [-0.3, -0.25) is 10.4 Å². The Hall–Kier alpha value is -2.85. The molecule has 4 rings (SSSR count). The third kappa shape index (κ3) is 5.39. The van der Waals surface area contributed by atoms with Crippen LogP contribution in [-0.2, 0) is 0 Å². The number of nitrogens with zero attached hydrogens (tertiary/aromatic N) is 3. The number of benzene rings is 1. The van der Waals surface area contributed by atoms with E-state index in [1.807, 2.05) is 0 Å². The van der Waals surface area contributed by atoms with Gasteiger partial charge in [-0.2, -0.15) is 4.98 Å². The lowest BCUT2D eigenvalue weighted by Crippen LogP contribution is -2.60. The van der Waals surface area contributed by atoms with E-state index >= 15 is 0 Å². The molecule has 178 valence electrons. The summed E-state index contributed by atoms with van der Waals surface area (Å²) in [6.45, 7) is 8.52. The zero-order chi connectivity index (χ0) is 24.0. The molecule has 10 heteroatoms. The van der Waals surface area contributed by atoms with Crippen molar-refractivity contribution in [2.45, 2.75) is 76.4 Å². The van der Waals surface area contributed by atoms with Crippen LogP contribution in [0.15, 0.2) is 18.3 Å². The highest BCUT2D eigenvalue weighted by Crippen LogP contribution is 2.44. The maximum atomic E-state index is 14.9. The Morgan fingerprint density at radius 3 is 2.45 bits per heavy atom. The van der Waals surface area contributed by atoms with Crippen LogP contribution in [-0.4, -0.2) is 33.4 Å². The van der Waals surface area contributed by atoms with Crippen LogP contribution < -0.4 is 26.8 Å². The molecule has 0 spiro atoms. The molecule has 2 aliphatic rings. The number of piperidine rings is 1. The third-order valence-corrected chi connectivity index (χ3v) is 6.05. The summed E-state index contributed by atoms with van der Waals surface area (Å²) in [5, 5.41) is 18.2. The van der Waals surface area contributed by atoms with Crippen LogP contribution in [0.1, 0.15) is 64.9 Å². The average molecular weight is 459 g/mol. The molecule has 1 saturated heterocycles. The largest absolute Gasteiger partial charge is 0.365 e. The van der Waals surface area contributed by atoms with E-state index in [1.54, 1.807) is 6.07 Å². The molecule has 0 radical (unpaired) electrons. The second kappa shape index (κ2) is 8.49. The first-order valence-corrected chi connectivity index (χ1v) is 11.2. The third-order valence-electron chi connectivity index (χ3n) is 6.05. The van der Waals surface area contributed by atoms with Crippen molar-refractivity contribution in [2.24, 2.45) is 5.84 Å². The number of anilines is 4. The van der Waals surface area contributed by atoms with Crippen LogP contribution in [0.5, 0.6) is 0 Å². The molecule has 1 aliphatic heterocycles. The number of rotatable bonds is 7. The number of aromatic nitrogens is 2. The van der Waals surface area contributed by atoms with Gasteiger partial charge in [0.1, 0.15) is 6.34 Å². The average Bonchev–Trinajstić information content (AvgIpc) is 3.54. The lowest BCUT2D eigenvalue weighted by Gasteiger charge is -2.46. The van der Waals surface area contributed by atoms with Crippen LogP contribution in [0, 0.1) is 17.0 Å². The van der Waals surface area contributed by atoms with Crippen LogP contribution in [0.3, 0.4) is 0 Å². The van der Waals surface area contributed by atoms with Crippen LogP contribution in [0.4, 0.5) is 31.9 Å². The van der Waals surface area contributed by atoms with Gasteiger partial charge < -0.3 is 16.0 Å². The number of nitrogens with one attached hydrogen (secondary N) is 4. The maximum absolute atomic E-state index is 14.9. The van der Waals surface area contributed by atoms with E-state index in [0.29, 0.717) is 11.3 Å². The fraction of sp³-hybridized carbons (Fsp3) is 0.522. The van der Waals surface area contributed by atoms with Crippen molar-refractivity contribution in [2.75, 3.05) is 15.6 Å². The van der Waals surface area contributed by atoms with Crippen molar-refractivity contribution in [1.82, 2.24) is 15.3 Å². The Kier molecular flexibility index (Phi) is 6.00. The van der Waals surface area contributed by atoms with Gasteiger partial charge in [0.15, 0.2) is 17.5 Å². The summed E-state index contributed by atoms with van der Waals surface area (Å²) in [5.41, 5.74) is 0.934. The standard InChI is InChI=1S/C23H32F2N8/c1-22(2)9-15(10-23(3,4)32-22)29-20-17(24)11-28-21(31-20)30-14-7-16(13-5-6-13)19(25)18(8-14)33(27)12-26/h7-8,11-13,15,26,32H,5-6,9-10,27H2,1-4H3,(H2,28,29,30,31). The number of nitrogens with two attached hydrogens (primary N) is 1. The van der Waals surface area contributed by atoms with Crippen LogP contribution in [0.25, 0.3) is 0 Å². The van der Waals surface area contributed by atoms with E-state index in [9.17, 15) is 8.78 Å². The van der Waals surface area contributed by atoms with Gasteiger partial charge in [0.05, 0.1) is 11.9 Å². The minimum atomic E-state index is -0.537. The van der Waals surface area contributed by atoms with E-state index in [4.69, 9.17) is 11.3 Å². The topological polar surface area (TPSA) is 115 Å². The second-order valence-electron chi connectivity index (χ2n) is 10.4. The van der Waals surface area contributed by atoms with Gasteiger partial charge in [-0.05, 0) is 77.0 Å². The number of hydrazine groups is 1. The Balaban J connectivity index is 1.58. The lowest BCUT2D eigenvalue weighted by atomic mass is 9.79. The maximum Gasteiger partial charge on any atom is 0.229 e. The zero-order valence-electron chi connectivity index (χ0n) is 19.5. The fourth-order valence-electron chi connectivity index (χ4n) is 4.93. The molecule has 2 fully saturated rings. The summed E-state index contributed by atoms with van der Waals surface area (Å²) in [5.74, 6) is 5.22. The van der Waals surface area contributed by atoms with E-state index in [-0.39, 0.29) is 40.5 Å². The zero-order valence-corrected chi connectivity index (χ0v) is 19.5. The second-order valence-corrected chi connectivity index (χ2v) is 10.4. The SMILES string of the molecule is CC1(C)CC(Nc2nc(Nc3cc(C4CC4)c(F)c(N(N)C=N)c3)ncc2F)CC(C)(C)N1. The summed E-state index contributed by atoms with van der Waals surface area (Å²) in [4.78, 5) is 8.41. The van der Waals surface area contributed by atoms with Crippen molar-refractivity contribution in [3.05, 3.63) is 35.5 Å². The monoisotopic (exact) mass is 458 g/mol. The molecule has 0 amide bonds. The summed E-state index contributed by atoms with van der Waals surface area (Å²) in [6, 6.07) is 3.22. The molecule has 2 aromatic rings. The predicted molar refractivity (Wildman–Crippen MR) is 127 cm³/mol. The lowest BCUT2D eigenvalue weighted by molar-refractivity contribution is 0.170. The minimum absolute atomic E-state index is 0.0331. The van der Waals surface area contributed by atoms with Gasteiger partial charge in [0.2, 0.25) is 5.95 Å². The van der Waals surface area contributed by atoms with Crippen molar-refractivity contribution in [1.29, 1.82) is 5.41 Å². The molecule has 6 N–H and O–H groups in total. The highest BCUT2D eigenvalue weighted by molar-refractivity contribution is 5.78. The molecule has 0 atom stereocenters. The molecule has 8 nitrogen and oxygen atoms in total. The summed E-state index contributed by atoms with van der Waals surface area (Å²) in [6.07, 6.45) is 5.39. The Labute approximate surface area is 192 Å².